The molecule has 0 atom stereocenters. The van der Waals surface area contributed by atoms with Gasteiger partial charge in [-0.25, -0.2) is 4.79 Å². The van der Waals surface area contributed by atoms with Gasteiger partial charge in [0.1, 0.15) is 5.75 Å². The number of nitrogens with one attached hydrogen (secondary N) is 1. The number of aryl methyl sites for hydroxylation is 1. The molecule has 0 bridgehead atoms. The second-order valence-corrected chi connectivity index (χ2v) is 6.33. The molecule has 0 heterocycles. The number of anilines is 1. The van der Waals surface area contributed by atoms with Crippen LogP contribution in [0, 0.1) is 0 Å². The molecule has 6 heteroatoms. The second kappa shape index (κ2) is 10.6. The number of benzene rings is 2. The maximum Gasteiger partial charge on any atom is 0.338 e. The third-order valence-electron chi connectivity index (χ3n) is 3.85. The van der Waals surface area contributed by atoms with Crippen LogP contribution in [0.1, 0.15) is 42.6 Å². The van der Waals surface area contributed by atoms with Gasteiger partial charge in [0.15, 0.2) is 0 Å². The molecule has 0 aromatic heterocycles. The van der Waals surface area contributed by atoms with Gasteiger partial charge in [0, 0.05) is 11.4 Å². The van der Waals surface area contributed by atoms with E-state index >= 15 is 0 Å². The predicted molar refractivity (Wildman–Crippen MR) is 107 cm³/mol. The van der Waals surface area contributed by atoms with Crippen molar-refractivity contribution in [2.45, 2.75) is 33.1 Å². The van der Waals surface area contributed by atoms with E-state index in [0.29, 0.717) is 41.7 Å². The molecule has 0 radical (unpaired) electrons. The van der Waals surface area contributed by atoms with Crippen LogP contribution in [0.2, 0.25) is 5.02 Å². The summed E-state index contributed by atoms with van der Waals surface area (Å²) in [5.74, 6) is -0.0674. The zero-order valence-corrected chi connectivity index (χ0v) is 16.3. The van der Waals surface area contributed by atoms with Crippen LogP contribution in [0.4, 0.5) is 5.69 Å². The smallest absolute Gasteiger partial charge is 0.338 e. The summed E-state index contributed by atoms with van der Waals surface area (Å²) in [6.45, 7) is 4.31. The molecule has 0 aliphatic carbocycles. The van der Waals surface area contributed by atoms with Crippen LogP contribution in [0.25, 0.3) is 0 Å². The number of hydrogen-bond donors (Lipinski definition) is 1. The van der Waals surface area contributed by atoms with Crippen molar-refractivity contribution in [3.8, 4) is 5.75 Å². The molecule has 27 heavy (non-hydrogen) atoms. The summed E-state index contributed by atoms with van der Waals surface area (Å²) in [7, 11) is 0. The van der Waals surface area contributed by atoms with Gasteiger partial charge in [0.05, 0.1) is 24.5 Å². The Morgan fingerprint density at radius 1 is 1.04 bits per heavy atom. The predicted octanol–water partition coefficient (Wildman–Crippen LogP) is 4.88. The molecule has 0 aliphatic heterocycles. The fourth-order valence-corrected chi connectivity index (χ4v) is 2.68. The van der Waals surface area contributed by atoms with Crippen LogP contribution in [0.15, 0.2) is 42.5 Å². The van der Waals surface area contributed by atoms with Crippen LogP contribution >= 0.6 is 11.6 Å². The van der Waals surface area contributed by atoms with Crippen LogP contribution in [0.5, 0.6) is 5.75 Å². The summed E-state index contributed by atoms with van der Waals surface area (Å²) < 4.78 is 10.6. The number of halogens is 1. The summed E-state index contributed by atoms with van der Waals surface area (Å²) in [6, 6.07) is 12.5. The molecule has 1 amide bonds. The van der Waals surface area contributed by atoms with Crippen molar-refractivity contribution in [1.82, 2.24) is 0 Å². The molecule has 2 rings (SSSR count). The van der Waals surface area contributed by atoms with Crippen molar-refractivity contribution >= 4 is 29.2 Å². The number of hydrogen-bond acceptors (Lipinski definition) is 4. The van der Waals surface area contributed by atoms with Gasteiger partial charge in [-0.1, -0.05) is 23.7 Å². The first kappa shape index (κ1) is 20.8. The van der Waals surface area contributed by atoms with Crippen molar-refractivity contribution in [3.63, 3.8) is 0 Å². The lowest BCUT2D eigenvalue weighted by Crippen LogP contribution is -2.13. The van der Waals surface area contributed by atoms with Gasteiger partial charge in [-0.3, -0.25) is 4.79 Å². The fourth-order valence-electron chi connectivity index (χ4n) is 2.56. The minimum absolute atomic E-state index is 0.103. The van der Waals surface area contributed by atoms with Gasteiger partial charge < -0.3 is 14.8 Å². The lowest BCUT2D eigenvalue weighted by molar-refractivity contribution is -0.116. The van der Waals surface area contributed by atoms with Gasteiger partial charge in [-0.05, 0) is 62.6 Å². The Balaban J connectivity index is 1.94. The number of rotatable bonds is 9. The lowest BCUT2D eigenvalue weighted by atomic mass is 10.1. The van der Waals surface area contributed by atoms with E-state index in [9.17, 15) is 9.59 Å². The number of amides is 1. The molecule has 2 aromatic carbocycles. The minimum Gasteiger partial charge on any atom is -0.492 e. The Morgan fingerprint density at radius 2 is 1.78 bits per heavy atom. The van der Waals surface area contributed by atoms with E-state index in [2.05, 4.69) is 5.32 Å². The first-order valence-corrected chi connectivity index (χ1v) is 9.39. The largest absolute Gasteiger partial charge is 0.492 e. The van der Waals surface area contributed by atoms with Crippen molar-refractivity contribution in [2.24, 2.45) is 0 Å². The van der Waals surface area contributed by atoms with E-state index in [-0.39, 0.29) is 5.91 Å². The monoisotopic (exact) mass is 389 g/mol. The lowest BCUT2D eigenvalue weighted by Gasteiger charge is -2.13. The molecule has 1 N–H and O–H groups in total. The Hall–Kier alpha value is -2.53. The molecule has 0 unspecified atom stereocenters. The SMILES string of the molecule is CCOC(=O)c1ccc(NC(=O)CCCc2ccc(Cl)cc2)c(OCC)c1. The van der Waals surface area contributed by atoms with Gasteiger partial charge in [-0.15, -0.1) is 0 Å². The summed E-state index contributed by atoms with van der Waals surface area (Å²) in [5.41, 5.74) is 2.07. The van der Waals surface area contributed by atoms with Gasteiger partial charge in [0.25, 0.3) is 0 Å². The third kappa shape index (κ3) is 6.61. The Kier molecular flexibility index (Phi) is 8.14. The molecule has 0 fully saturated rings. The molecule has 0 spiro atoms. The van der Waals surface area contributed by atoms with E-state index in [1.165, 1.54) is 0 Å². The third-order valence-corrected chi connectivity index (χ3v) is 4.10. The highest BCUT2D eigenvalue weighted by Gasteiger charge is 2.13. The first-order valence-electron chi connectivity index (χ1n) is 9.01. The zero-order valence-electron chi connectivity index (χ0n) is 15.6. The number of ether oxygens (including phenoxy) is 2. The minimum atomic E-state index is -0.417. The van der Waals surface area contributed by atoms with E-state index in [0.717, 1.165) is 18.4 Å². The molecule has 0 aliphatic rings. The normalized spacial score (nSPS) is 10.3. The topological polar surface area (TPSA) is 64.6 Å². The maximum absolute atomic E-state index is 12.3. The molecule has 2 aromatic rings. The van der Waals surface area contributed by atoms with Crippen molar-refractivity contribution in [1.29, 1.82) is 0 Å². The Labute approximate surface area is 164 Å². The Morgan fingerprint density at radius 3 is 2.44 bits per heavy atom. The fraction of sp³-hybridized carbons (Fsp3) is 0.333. The first-order chi connectivity index (χ1) is 13.0. The summed E-state index contributed by atoms with van der Waals surface area (Å²) >= 11 is 5.87. The highest BCUT2D eigenvalue weighted by atomic mass is 35.5. The zero-order chi connectivity index (χ0) is 19.6. The van der Waals surface area contributed by atoms with Gasteiger partial charge in [-0.2, -0.15) is 0 Å². The van der Waals surface area contributed by atoms with E-state index in [1.54, 1.807) is 25.1 Å². The molecular formula is C21H24ClNO4. The summed E-state index contributed by atoms with van der Waals surface area (Å²) in [5, 5.41) is 3.55. The molecule has 0 saturated carbocycles. The average molecular weight is 390 g/mol. The molecule has 5 nitrogen and oxygen atoms in total. The summed E-state index contributed by atoms with van der Waals surface area (Å²) in [6.07, 6.45) is 1.90. The standard InChI is InChI=1S/C21H24ClNO4/c1-3-26-19-14-16(21(25)27-4-2)10-13-18(19)23-20(24)7-5-6-15-8-11-17(22)12-9-15/h8-14H,3-7H2,1-2H3,(H,23,24). The quantitative estimate of drug-likeness (QED) is 0.621. The molecule has 144 valence electrons. The number of carbonyl (C=O) groups is 2. The van der Waals surface area contributed by atoms with E-state index in [4.69, 9.17) is 21.1 Å². The van der Waals surface area contributed by atoms with Gasteiger partial charge in [0.2, 0.25) is 5.91 Å². The number of esters is 1. The van der Waals surface area contributed by atoms with Crippen LogP contribution in [0.3, 0.4) is 0 Å². The average Bonchev–Trinajstić information content (AvgIpc) is 2.65. The van der Waals surface area contributed by atoms with Crippen molar-refractivity contribution < 1.29 is 19.1 Å². The van der Waals surface area contributed by atoms with Crippen LogP contribution in [-0.2, 0) is 16.0 Å². The second-order valence-electron chi connectivity index (χ2n) is 5.89. The van der Waals surface area contributed by atoms with Crippen LogP contribution in [-0.4, -0.2) is 25.1 Å². The number of carbonyl (C=O) groups excluding carboxylic acids is 2. The summed E-state index contributed by atoms with van der Waals surface area (Å²) in [4.78, 5) is 24.1. The highest BCUT2D eigenvalue weighted by Crippen LogP contribution is 2.27. The Bertz CT molecular complexity index is 774. The van der Waals surface area contributed by atoms with Crippen molar-refractivity contribution in [2.75, 3.05) is 18.5 Å². The van der Waals surface area contributed by atoms with E-state index in [1.807, 2.05) is 31.2 Å². The maximum atomic E-state index is 12.3. The molecule has 0 saturated heterocycles. The van der Waals surface area contributed by atoms with Crippen LogP contribution < -0.4 is 10.1 Å². The van der Waals surface area contributed by atoms with Crippen molar-refractivity contribution in [3.05, 3.63) is 58.6 Å². The highest BCUT2D eigenvalue weighted by molar-refractivity contribution is 6.30. The van der Waals surface area contributed by atoms with Gasteiger partial charge >= 0.3 is 5.97 Å². The molecular weight excluding hydrogens is 366 g/mol. The van der Waals surface area contributed by atoms with E-state index < -0.39 is 5.97 Å².